The number of nitrogens with zero attached hydrogens (tertiary/aromatic N) is 1. The number of halogens is 1. The molecule has 3 nitrogen and oxygen atoms in total. The smallest absolute Gasteiger partial charge is 0.255 e. The Balaban J connectivity index is 1.72. The summed E-state index contributed by atoms with van der Waals surface area (Å²) in [6.07, 6.45) is 0. The molecule has 0 spiro atoms. The van der Waals surface area contributed by atoms with E-state index >= 15 is 0 Å². The van der Waals surface area contributed by atoms with E-state index in [1.54, 1.807) is 6.07 Å². The molecular formula is C20H17FN2O. The summed E-state index contributed by atoms with van der Waals surface area (Å²) in [4.78, 5) is 14.2. The fraction of sp³-hybridized carbons (Fsp3) is 0.0500. The van der Waals surface area contributed by atoms with Gasteiger partial charge in [-0.15, -0.1) is 0 Å². The molecule has 1 amide bonds. The molecule has 24 heavy (non-hydrogen) atoms. The number of carbonyl (C=O) groups excluding carboxylic acids is 1. The maximum atomic E-state index is 13.2. The van der Waals surface area contributed by atoms with Gasteiger partial charge in [0.15, 0.2) is 0 Å². The minimum atomic E-state index is -0.428. The molecule has 4 heteroatoms. The third-order valence-electron chi connectivity index (χ3n) is 3.74. The van der Waals surface area contributed by atoms with E-state index in [0.717, 1.165) is 11.4 Å². The molecule has 0 saturated heterocycles. The number of hydrogen-bond acceptors (Lipinski definition) is 2. The quantitative estimate of drug-likeness (QED) is 0.745. The van der Waals surface area contributed by atoms with Crippen molar-refractivity contribution >= 4 is 23.0 Å². The van der Waals surface area contributed by atoms with Gasteiger partial charge in [0, 0.05) is 29.7 Å². The monoisotopic (exact) mass is 320 g/mol. The maximum Gasteiger partial charge on any atom is 0.255 e. The molecule has 0 saturated carbocycles. The Morgan fingerprint density at radius 3 is 2.21 bits per heavy atom. The lowest BCUT2D eigenvalue weighted by Crippen LogP contribution is -2.12. The molecule has 1 N–H and O–H groups in total. The summed E-state index contributed by atoms with van der Waals surface area (Å²) in [7, 11) is 1.98. The molecule has 3 aromatic carbocycles. The van der Waals surface area contributed by atoms with Gasteiger partial charge in [-0.3, -0.25) is 4.79 Å². The summed E-state index contributed by atoms with van der Waals surface area (Å²) >= 11 is 0. The van der Waals surface area contributed by atoms with Crippen molar-refractivity contribution in [3.63, 3.8) is 0 Å². The number of nitrogens with one attached hydrogen (secondary N) is 1. The number of amides is 1. The molecule has 0 aliphatic heterocycles. The maximum absolute atomic E-state index is 13.2. The number of rotatable bonds is 4. The van der Waals surface area contributed by atoms with Gasteiger partial charge in [0.25, 0.3) is 5.91 Å². The average Bonchev–Trinajstić information content (AvgIpc) is 2.62. The van der Waals surface area contributed by atoms with Crippen LogP contribution >= 0.6 is 0 Å². The van der Waals surface area contributed by atoms with E-state index in [1.807, 2.05) is 61.6 Å². The lowest BCUT2D eigenvalue weighted by atomic mass is 10.2. The van der Waals surface area contributed by atoms with Gasteiger partial charge in [-0.2, -0.15) is 0 Å². The van der Waals surface area contributed by atoms with E-state index in [4.69, 9.17) is 0 Å². The molecule has 0 atom stereocenters. The molecule has 0 aliphatic carbocycles. The van der Waals surface area contributed by atoms with Crippen molar-refractivity contribution in [3.8, 4) is 0 Å². The van der Waals surface area contributed by atoms with Crippen molar-refractivity contribution in [2.45, 2.75) is 0 Å². The summed E-state index contributed by atoms with van der Waals surface area (Å²) < 4.78 is 13.2. The zero-order chi connectivity index (χ0) is 16.9. The van der Waals surface area contributed by atoms with Crippen LogP contribution in [0.15, 0.2) is 78.9 Å². The van der Waals surface area contributed by atoms with E-state index in [1.165, 1.54) is 18.2 Å². The minimum Gasteiger partial charge on any atom is -0.345 e. The van der Waals surface area contributed by atoms with Crippen molar-refractivity contribution < 1.29 is 9.18 Å². The van der Waals surface area contributed by atoms with Crippen LogP contribution in [0.5, 0.6) is 0 Å². The van der Waals surface area contributed by atoms with E-state index in [0.29, 0.717) is 11.3 Å². The van der Waals surface area contributed by atoms with Crippen molar-refractivity contribution in [2.75, 3.05) is 17.3 Å². The van der Waals surface area contributed by atoms with E-state index < -0.39 is 5.82 Å². The lowest BCUT2D eigenvalue weighted by Gasteiger charge is -2.19. The van der Waals surface area contributed by atoms with Crippen LogP contribution in [-0.2, 0) is 0 Å². The fourth-order valence-corrected chi connectivity index (χ4v) is 2.40. The number of para-hydroxylation sites is 1. The third-order valence-corrected chi connectivity index (χ3v) is 3.74. The molecule has 0 fully saturated rings. The zero-order valence-electron chi connectivity index (χ0n) is 13.2. The first-order valence-corrected chi connectivity index (χ1v) is 7.59. The van der Waals surface area contributed by atoms with Gasteiger partial charge in [0.05, 0.1) is 0 Å². The molecule has 3 rings (SSSR count). The number of hydrogen-bond donors (Lipinski definition) is 1. The van der Waals surface area contributed by atoms with Crippen LogP contribution in [-0.4, -0.2) is 13.0 Å². The van der Waals surface area contributed by atoms with Gasteiger partial charge in [-0.1, -0.05) is 24.3 Å². The largest absolute Gasteiger partial charge is 0.345 e. The van der Waals surface area contributed by atoms with E-state index in [9.17, 15) is 9.18 Å². The van der Waals surface area contributed by atoms with Crippen LogP contribution in [0.1, 0.15) is 10.4 Å². The summed E-state index contributed by atoms with van der Waals surface area (Å²) in [5.41, 5.74) is 3.04. The van der Waals surface area contributed by atoms with Gasteiger partial charge in [0.2, 0.25) is 0 Å². The standard InChI is InChI=1S/C20H17FN2O/c1-23(18-8-3-2-4-9-18)19-12-10-17(11-13-19)22-20(24)15-6-5-7-16(21)14-15/h2-14H,1H3,(H,22,24). The highest BCUT2D eigenvalue weighted by Gasteiger charge is 2.08. The molecular weight excluding hydrogens is 303 g/mol. The Labute approximate surface area is 140 Å². The SMILES string of the molecule is CN(c1ccccc1)c1ccc(NC(=O)c2cccc(F)c2)cc1. The first-order valence-electron chi connectivity index (χ1n) is 7.59. The number of benzene rings is 3. The van der Waals surface area contributed by atoms with Gasteiger partial charge < -0.3 is 10.2 Å². The minimum absolute atomic E-state index is 0.292. The fourth-order valence-electron chi connectivity index (χ4n) is 2.40. The average molecular weight is 320 g/mol. The molecule has 120 valence electrons. The molecule has 0 aliphatic rings. The highest BCUT2D eigenvalue weighted by Crippen LogP contribution is 2.24. The highest BCUT2D eigenvalue weighted by molar-refractivity contribution is 6.04. The van der Waals surface area contributed by atoms with Crippen LogP contribution in [0.25, 0.3) is 0 Å². The Hall–Kier alpha value is -3.14. The first-order chi connectivity index (χ1) is 11.6. The molecule has 0 unspecified atom stereocenters. The highest BCUT2D eigenvalue weighted by atomic mass is 19.1. The second-order valence-corrected chi connectivity index (χ2v) is 5.41. The third kappa shape index (κ3) is 3.60. The molecule has 0 aromatic heterocycles. The Morgan fingerprint density at radius 1 is 0.875 bits per heavy atom. The predicted octanol–water partition coefficient (Wildman–Crippen LogP) is 4.85. The van der Waals surface area contributed by atoms with Gasteiger partial charge in [0.1, 0.15) is 5.82 Å². The molecule has 0 radical (unpaired) electrons. The number of anilines is 3. The molecule has 3 aromatic rings. The summed E-state index contributed by atoms with van der Waals surface area (Å²) in [6, 6.07) is 23.1. The first kappa shape index (κ1) is 15.7. The van der Waals surface area contributed by atoms with Gasteiger partial charge >= 0.3 is 0 Å². The number of carbonyl (C=O) groups is 1. The van der Waals surface area contributed by atoms with Crippen LogP contribution in [0, 0.1) is 5.82 Å². The van der Waals surface area contributed by atoms with E-state index in [2.05, 4.69) is 10.2 Å². The van der Waals surface area contributed by atoms with Crippen molar-refractivity contribution in [2.24, 2.45) is 0 Å². The van der Waals surface area contributed by atoms with Crippen LogP contribution in [0.4, 0.5) is 21.5 Å². The zero-order valence-corrected chi connectivity index (χ0v) is 13.2. The van der Waals surface area contributed by atoms with Gasteiger partial charge in [-0.05, 0) is 54.6 Å². The summed E-state index contributed by atoms with van der Waals surface area (Å²) in [6.45, 7) is 0. The van der Waals surface area contributed by atoms with Crippen molar-refractivity contribution in [1.29, 1.82) is 0 Å². The second kappa shape index (κ2) is 6.96. The predicted molar refractivity (Wildman–Crippen MR) is 95.3 cm³/mol. The molecule has 0 heterocycles. The van der Waals surface area contributed by atoms with E-state index in [-0.39, 0.29) is 5.91 Å². The normalized spacial score (nSPS) is 10.2. The topological polar surface area (TPSA) is 32.3 Å². The van der Waals surface area contributed by atoms with Crippen LogP contribution < -0.4 is 10.2 Å². The Morgan fingerprint density at radius 2 is 1.54 bits per heavy atom. The van der Waals surface area contributed by atoms with Crippen LogP contribution in [0.3, 0.4) is 0 Å². The Bertz CT molecular complexity index is 832. The summed E-state index contributed by atoms with van der Waals surface area (Å²) in [5.74, 6) is -0.763. The van der Waals surface area contributed by atoms with Gasteiger partial charge in [-0.25, -0.2) is 4.39 Å². The lowest BCUT2D eigenvalue weighted by molar-refractivity contribution is 0.102. The van der Waals surface area contributed by atoms with Crippen molar-refractivity contribution in [1.82, 2.24) is 0 Å². The summed E-state index contributed by atoms with van der Waals surface area (Å²) in [5, 5.41) is 2.77. The van der Waals surface area contributed by atoms with Crippen molar-refractivity contribution in [3.05, 3.63) is 90.2 Å². The Kier molecular flexibility index (Phi) is 4.57. The second-order valence-electron chi connectivity index (χ2n) is 5.41. The van der Waals surface area contributed by atoms with Crippen LogP contribution in [0.2, 0.25) is 0 Å². The molecule has 0 bridgehead atoms.